The van der Waals surface area contributed by atoms with Gasteiger partial charge in [0.2, 0.25) is 0 Å². The van der Waals surface area contributed by atoms with Crippen molar-refractivity contribution in [1.82, 2.24) is 0 Å². The molecular weight excluding hydrogens is 153 g/mol. The molecule has 0 saturated heterocycles. The summed E-state index contributed by atoms with van der Waals surface area (Å²) in [6, 6.07) is 0. The van der Waals surface area contributed by atoms with Crippen LogP contribution in [0.15, 0.2) is 12.2 Å². The van der Waals surface area contributed by atoms with Gasteiger partial charge in [-0.05, 0) is 6.92 Å². The number of terminal acetylenes is 1. The predicted octanol–water partition coefficient (Wildman–Crippen LogP) is 2.42. The number of hydrogen-bond donors (Lipinski definition) is 0. The molecule has 0 aliphatic rings. The van der Waals surface area contributed by atoms with Crippen LogP contribution >= 0.6 is 0 Å². The molecule has 0 fully saturated rings. The summed E-state index contributed by atoms with van der Waals surface area (Å²) in [6.07, 6.45) is 7.27. The van der Waals surface area contributed by atoms with E-state index < -0.39 is 18.5 Å². The van der Waals surface area contributed by atoms with Crippen LogP contribution < -0.4 is 0 Å². The van der Waals surface area contributed by atoms with Gasteiger partial charge in [0.05, 0.1) is 0 Å². The molecule has 11 heavy (non-hydrogen) atoms. The summed E-state index contributed by atoms with van der Waals surface area (Å²) in [5.41, 5.74) is 0. The van der Waals surface area contributed by atoms with Crippen LogP contribution in [-0.4, -0.2) is 12.6 Å². The van der Waals surface area contributed by atoms with E-state index in [1.54, 1.807) is 6.92 Å². The summed E-state index contributed by atoms with van der Waals surface area (Å²) in [5.74, 6) is -3.04. The zero-order valence-corrected chi connectivity index (χ0v) is 6.15. The normalized spacial score (nSPS) is 14.8. The Morgan fingerprint density at radius 3 is 2.45 bits per heavy atom. The van der Waals surface area contributed by atoms with Gasteiger partial charge in [0.15, 0.2) is 6.67 Å². The minimum Gasteiger partial charge on any atom is -0.244 e. The Morgan fingerprint density at radius 1 is 1.64 bits per heavy atom. The van der Waals surface area contributed by atoms with Gasteiger partial charge in [0, 0.05) is 0 Å². The first-order valence-electron chi connectivity index (χ1n) is 3.11. The molecule has 0 saturated carbocycles. The SMILES string of the molecule is C#CC(/C=C\C)C(F)(F)CF. The van der Waals surface area contributed by atoms with Crippen molar-refractivity contribution in [2.75, 3.05) is 6.67 Å². The van der Waals surface area contributed by atoms with E-state index in [0.29, 0.717) is 0 Å². The van der Waals surface area contributed by atoms with Gasteiger partial charge >= 0.3 is 0 Å². The molecule has 1 unspecified atom stereocenters. The standard InChI is InChI=1S/C8H9F3/c1-3-5-7(4-2)8(10,11)6-9/h2-3,5,7H,6H2,1H3/b5-3-. The minimum absolute atomic E-state index is 1.11. The third-order valence-corrected chi connectivity index (χ3v) is 1.20. The highest BCUT2D eigenvalue weighted by atomic mass is 19.3. The van der Waals surface area contributed by atoms with Gasteiger partial charge in [-0.2, -0.15) is 0 Å². The smallest absolute Gasteiger partial charge is 0.244 e. The fourth-order valence-corrected chi connectivity index (χ4v) is 0.594. The van der Waals surface area contributed by atoms with Crippen molar-refractivity contribution in [1.29, 1.82) is 0 Å². The molecule has 0 rings (SSSR count). The maximum atomic E-state index is 12.4. The second-order valence-corrected chi connectivity index (χ2v) is 2.06. The highest BCUT2D eigenvalue weighted by Crippen LogP contribution is 2.25. The second-order valence-electron chi connectivity index (χ2n) is 2.06. The van der Waals surface area contributed by atoms with Gasteiger partial charge in [0.1, 0.15) is 5.92 Å². The number of hydrogen-bond acceptors (Lipinski definition) is 0. The fraction of sp³-hybridized carbons (Fsp3) is 0.500. The molecule has 0 aromatic carbocycles. The van der Waals surface area contributed by atoms with E-state index >= 15 is 0 Å². The van der Waals surface area contributed by atoms with E-state index in [2.05, 4.69) is 0 Å². The molecule has 0 aromatic heterocycles. The number of rotatable bonds is 3. The van der Waals surface area contributed by atoms with E-state index in [4.69, 9.17) is 6.42 Å². The summed E-state index contributed by atoms with van der Waals surface area (Å²) < 4.78 is 36.5. The molecular formula is C8H9F3. The summed E-state index contributed by atoms with van der Waals surface area (Å²) in [6.45, 7) is -0.162. The van der Waals surface area contributed by atoms with E-state index in [1.807, 2.05) is 5.92 Å². The maximum absolute atomic E-state index is 12.4. The molecule has 0 bridgehead atoms. The van der Waals surface area contributed by atoms with Gasteiger partial charge in [0.25, 0.3) is 5.92 Å². The first-order chi connectivity index (χ1) is 5.08. The van der Waals surface area contributed by atoms with Crippen molar-refractivity contribution in [3.63, 3.8) is 0 Å². The van der Waals surface area contributed by atoms with E-state index in [1.165, 1.54) is 6.08 Å². The van der Waals surface area contributed by atoms with Gasteiger partial charge in [-0.3, -0.25) is 0 Å². The number of allylic oxidation sites excluding steroid dienone is 2. The second kappa shape index (κ2) is 4.07. The average Bonchev–Trinajstić information content (AvgIpc) is 2.00. The van der Waals surface area contributed by atoms with Crippen LogP contribution in [0.4, 0.5) is 13.2 Å². The van der Waals surface area contributed by atoms with Crippen molar-refractivity contribution in [2.45, 2.75) is 12.8 Å². The van der Waals surface area contributed by atoms with Crippen LogP contribution in [0.25, 0.3) is 0 Å². The largest absolute Gasteiger partial charge is 0.292 e. The monoisotopic (exact) mass is 162 g/mol. The first-order valence-corrected chi connectivity index (χ1v) is 3.11. The van der Waals surface area contributed by atoms with Gasteiger partial charge in [-0.15, -0.1) is 6.42 Å². The molecule has 1 atom stereocenters. The Kier molecular flexibility index (Phi) is 3.73. The molecule has 0 aromatic rings. The van der Waals surface area contributed by atoms with Crippen LogP contribution in [0.3, 0.4) is 0 Å². The maximum Gasteiger partial charge on any atom is 0.292 e. The Labute approximate surface area is 64.1 Å². The Balaban J connectivity index is 4.39. The van der Waals surface area contributed by atoms with E-state index in [9.17, 15) is 13.2 Å². The quantitative estimate of drug-likeness (QED) is 0.441. The Hall–Kier alpha value is -0.910. The molecule has 0 amide bonds. The third kappa shape index (κ3) is 2.67. The Bertz CT molecular complexity index is 176. The average molecular weight is 162 g/mol. The summed E-state index contributed by atoms with van der Waals surface area (Å²) in [5, 5.41) is 0. The van der Waals surface area contributed by atoms with E-state index in [-0.39, 0.29) is 0 Å². The van der Waals surface area contributed by atoms with Crippen LogP contribution in [0.2, 0.25) is 0 Å². The van der Waals surface area contributed by atoms with Crippen molar-refractivity contribution >= 4 is 0 Å². The first kappa shape index (κ1) is 10.1. The lowest BCUT2D eigenvalue weighted by Gasteiger charge is -2.15. The molecule has 0 spiro atoms. The molecule has 0 aliphatic heterocycles. The molecule has 62 valence electrons. The molecule has 0 aliphatic carbocycles. The molecule has 0 N–H and O–H groups in total. The summed E-state index contributed by atoms with van der Waals surface area (Å²) >= 11 is 0. The van der Waals surface area contributed by atoms with Crippen LogP contribution in [0, 0.1) is 18.3 Å². The predicted molar refractivity (Wildman–Crippen MR) is 38.1 cm³/mol. The van der Waals surface area contributed by atoms with Crippen molar-refractivity contribution < 1.29 is 13.2 Å². The van der Waals surface area contributed by atoms with Crippen molar-refractivity contribution in [3.8, 4) is 12.3 Å². The van der Waals surface area contributed by atoms with Crippen molar-refractivity contribution in [3.05, 3.63) is 12.2 Å². The number of halogens is 3. The molecule has 0 heterocycles. The summed E-state index contributed by atoms with van der Waals surface area (Å²) in [4.78, 5) is 0. The van der Waals surface area contributed by atoms with Gasteiger partial charge < -0.3 is 0 Å². The highest BCUT2D eigenvalue weighted by Gasteiger charge is 2.36. The highest BCUT2D eigenvalue weighted by molar-refractivity contribution is 5.10. The van der Waals surface area contributed by atoms with Gasteiger partial charge in [-0.25, -0.2) is 13.2 Å². The molecule has 0 nitrogen and oxygen atoms in total. The minimum atomic E-state index is -3.43. The van der Waals surface area contributed by atoms with Crippen LogP contribution in [0.5, 0.6) is 0 Å². The third-order valence-electron chi connectivity index (χ3n) is 1.20. The lowest BCUT2D eigenvalue weighted by atomic mass is 10.0. The van der Waals surface area contributed by atoms with Crippen LogP contribution in [-0.2, 0) is 0 Å². The van der Waals surface area contributed by atoms with E-state index in [0.717, 1.165) is 6.08 Å². The topological polar surface area (TPSA) is 0 Å². The summed E-state index contributed by atoms with van der Waals surface area (Å²) in [7, 11) is 0. The lowest BCUT2D eigenvalue weighted by Crippen LogP contribution is -2.27. The fourth-order valence-electron chi connectivity index (χ4n) is 0.594. The molecule has 0 radical (unpaired) electrons. The van der Waals surface area contributed by atoms with Gasteiger partial charge in [-0.1, -0.05) is 18.1 Å². The Morgan fingerprint density at radius 2 is 2.18 bits per heavy atom. The van der Waals surface area contributed by atoms with Crippen molar-refractivity contribution in [2.24, 2.45) is 5.92 Å². The lowest BCUT2D eigenvalue weighted by molar-refractivity contribution is -0.0426. The zero-order chi connectivity index (χ0) is 8.91. The van der Waals surface area contributed by atoms with Crippen LogP contribution in [0.1, 0.15) is 6.92 Å². The molecule has 3 heteroatoms. The number of alkyl halides is 3. The zero-order valence-electron chi connectivity index (χ0n) is 6.15.